The molecule has 1 saturated heterocycles. The Morgan fingerprint density at radius 1 is 1.28 bits per heavy atom. The number of pyridine rings is 1. The van der Waals surface area contributed by atoms with Crippen molar-refractivity contribution in [1.29, 1.82) is 0 Å². The minimum Gasteiger partial charge on any atom is -0.377 e. The highest BCUT2D eigenvalue weighted by molar-refractivity contribution is 5.54. The Labute approximate surface area is 149 Å². The van der Waals surface area contributed by atoms with E-state index in [9.17, 15) is 0 Å². The number of hydrogen-bond donors (Lipinski definition) is 0. The molecule has 3 unspecified atom stereocenters. The summed E-state index contributed by atoms with van der Waals surface area (Å²) in [6.45, 7) is 7.62. The molecule has 2 aliphatic rings. The van der Waals surface area contributed by atoms with Gasteiger partial charge in [0.1, 0.15) is 11.5 Å². The van der Waals surface area contributed by atoms with Gasteiger partial charge in [-0.15, -0.1) is 0 Å². The lowest BCUT2D eigenvalue weighted by Gasteiger charge is -2.58. The molecule has 0 aromatic carbocycles. The van der Waals surface area contributed by atoms with Gasteiger partial charge in [-0.2, -0.15) is 0 Å². The second-order valence-electron chi connectivity index (χ2n) is 7.73. The summed E-state index contributed by atoms with van der Waals surface area (Å²) in [5.41, 5.74) is 2.01. The van der Waals surface area contributed by atoms with Gasteiger partial charge in [0.25, 0.3) is 0 Å². The van der Waals surface area contributed by atoms with Crippen LogP contribution < -0.4 is 4.90 Å². The summed E-state index contributed by atoms with van der Waals surface area (Å²) in [6, 6.07) is 8.41. The van der Waals surface area contributed by atoms with Gasteiger partial charge in [-0.3, -0.25) is 4.98 Å². The maximum atomic E-state index is 5.95. The molecule has 5 nitrogen and oxygen atoms in total. The Morgan fingerprint density at radius 3 is 2.84 bits per heavy atom. The molecule has 5 heteroatoms. The first-order valence-corrected chi connectivity index (χ1v) is 9.16. The number of aryl methyl sites for hydroxylation is 1. The maximum absolute atomic E-state index is 5.95. The number of rotatable bonds is 4. The number of ether oxygens (including phenoxy) is 1. The molecule has 25 heavy (non-hydrogen) atoms. The molecule has 1 aliphatic carbocycles. The molecule has 0 radical (unpaired) electrons. The van der Waals surface area contributed by atoms with Gasteiger partial charge >= 0.3 is 0 Å². The topological polar surface area (TPSA) is 51.1 Å². The first kappa shape index (κ1) is 16.5. The average molecular weight is 338 g/mol. The third-order valence-corrected chi connectivity index (χ3v) is 5.84. The van der Waals surface area contributed by atoms with Crippen LogP contribution in [-0.2, 0) is 11.2 Å². The van der Waals surface area contributed by atoms with E-state index in [1.54, 1.807) is 6.20 Å². The highest BCUT2D eigenvalue weighted by atomic mass is 16.5. The van der Waals surface area contributed by atoms with Gasteiger partial charge in [0.05, 0.1) is 6.10 Å². The van der Waals surface area contributed by atoms with Crippen molar-refractivity contribution >= 4 is 5.82 Å². The second-order valence-corrected chi connectivity index (χ2v) is 7.73. The summed E-state index contributed by atoms with van der Waals surface area (Å²) in [4.78, 5) is 16.3. The maximum Gasteiger partial charge on any atom is 0.180 e. The average Bonchev–Trinajstić information content (AvgIpc) is 3.08. The van der Waals surface area contributed by atoms with Gasteiger partial charge < -0.3 is 9.64 Å². The number of fused-ring (bicyclic) bond motifs is 1. The van der Waals surface area contributed by atoms with Crippen LogP contribution in [0.25, 0.3) is 11.5 Å². The number of aromatic nitrogens is 3. The summed E-state index contributed by atoms with van der Waals surface area (Å²) in [5.74, 6) is 2.28. The molecule has 2 fully saturated rings. The fraction of sp³-hybridized carbons (Fsp3) is 0.550. The van der Waals surface area contributed by atoms with E-state index in [2.05, 4.69) is 48.8 Å². The highest BCUT2D eigenvalue weighted by Crippen LogP contribution is 2.54. The van der Waals surface area contributed by atoms with E-state index < -0.39 is 0 Å². The van der Waals surface area contributed by atoms with Crippen molar-refractivity contribution < 1.29 is 4.74 Å². The molecule has 3 heterocycles. The minimum atomic E-state index is 0.137. The van der Waals surface area contributed by atoms with Gasteiger partial charge in [-0.1, -0.05) is 26.8 Å². The quantitative estimate of drug-likeness (QED) is 0.856. The first-order chi connectivity index (χ1) is 12.0. The molecule has 0 N–H and O–H groups in total. The van der Waals surface area contributed by atoms with Crippen LogP contribution in [0.15, 0.2) is 30.5 Å². The monoisotopic (exact) mass is 338 g/mol. The van der Waals surface area contributed by atoms with E-state index in [0.717, 1.165) is 36.7 Å². The van der Waals surface area contributed by atoms with E-state index in [0.29, 0.717) is 23.9 Å². The Morgan fingerprint density at radius 2 is 2.12 bits per heavy atom. The van der Waals surface area contributed by atoms with Crippen LogP contribution in [0.4, 0.5) is 5.82 Å². The lowest BCUT2D eigenvalue weighted by Crippen LogP contribution is -2.66. The molecule has 2 aromatic rings. The minimum absolute atomic E-state index is 0.137. The molecule has 4 rings (SSSR count). The molecule has 1 aliphatic heterocycles. The van der Waals surface area contributed by atoms with E-state index in [1.807, 2.05) is 18.2 Å². The van der Waals surface area contributed by atoms with Crippen molar-refractivity contribution in [1.82, 2.24) is 15.0 Å². The van der Waals surface area contributed by atoms with Gasteiger partial charge in [0.15, 0.2) is 5.82 Å². The Kier molecular flexibility index (Phi) is 3.99. The van der Waals surface area contributed by atoms with E-state index >= 15 is 0 Å². The first-order valence-electron chi connectivity index (χ1n) is 9.16. The van der Waals surface area contributed by atoms with Gasteiger partial charge in [0.2, 0.25) is 0 Å². The van der Waals surface area contributed by atoms with Gasteiger partial charge in [-0.25, -0.2) is 9.97 Å². The highest BCUT2D eigenvalue weighted by Gasteiger charge is 2.61. The molecular formula is C20H26N4O. The van der Waals surface area contributed by atoms with Crippen LogP contribution in [0.3, 0.4) is 0 Å². The van der Waals surface area contributed by atoms with Crippen molar-refractivity contribution in [3.05, 3.63) is 36.2 Å². The summed E-state index contributed by atoms with van der Waals surface area (Å²) in [6.07, 6.45) is 4.19. The molecule has 3 atom stereocenters. The number of nitrogens with zero attached hydrogens (tertiary/aromatic N) is 4. The van der Waals surface area contributed by atoms with Crippen molar-refractivity contribution in [3.8, 4) is 11.5 Å². The van der Waals surface area contributed by atoms with Crippen LogP contribution in [0.2, 0.25) is 0 Å². The molecule has 0 spiro atoms. The largest absolute Gasteiger partial charge is 0.377 e. The summed E-state index contributed by atoms with van der Waals surface area (Å²) >= 11 is 0. The van der Waals surface area contributed by atoms with Crippen molar-refractivity contribution in [2.75, 3.05) is 18.6 Å². The predicted octanol–water partition coefficient (Wildman–Crippen LogP) is 3.35. The smallest absolute Gasteiger partial charge is 0.180 e. The van der Waals surface area contributed by atoms with Gasteiger partial charge in [0, 0.05) is 49.0 Å². The molecule has 132 valence electrons. The lowest BCUT2D eigenvalue weighted by molar-refractivity contribution is -0.101. The summed E-state index contributed by atoms with van der Waals surface area (Å²) in [5, 5.41) is 0. The fourth-order valence-electron chi connectivity index (χ4n) is 4.68. The molecular weight excluding hydrogens is 312 g/mol. The third-order valence-electron chi connectivity index (χ3n) is 5.84. The zero-order valence-electron chi connectivity index (χ0n) is 15.4. The summed E-state index contributed by atoms with van der Waals surface area (Å²) < 4.78 is 5.95. The van der Waals surface area contributed by atoms with Crippen molar-refractivity contribution in [2.45, 2.75) is 45.8 Å². The van der Waals surface area contributed by atoms with E-state index in [-0.39, 0.29) is 5.41 Å². The van der Waals surface area contributed by atoms with Crippen molar-refractivity contribution in [2.24, 2.45) is 11.3 Å². The normalized spacial score (nSPS) is 26.8. The number of anilines is 1. The zero-order valence-corrected chi connectivity index (χ0v) is 15.4. The Bertz CT molecular complexity index is 762. The van der Waals surface area contributed by atoms with Gasteiger partial charge in [-0.05, 0) is 25.0 Å². The SMILES string of the molecule is CCc1cc(N(C)C2C3CCOC3C2(C)C)nc(-c2ccccn2)n1. The van der Waals surface area contributed by atoms with Crippen LogP contribution in [-0.4, -0.2) is 40.8 Å². The fourth-order valence-corrected chi connectivity index (χ4v) is 4.68. The lowest BCUT2D eigenvalue weighted by atomic mass is 9.57. The standard InChI is InChI=1S/C20H26N4O/c1-5-13-12-16(23-19(22-13)15-8-6-7-10-21-15)24(4)17-14-9-11-25-18(14)20(17,2)3/h6-8,10,12,14,17-18H,5,9,11H2,1-4H3. The van der Waals surface area contributed by atoms with E-state index in [4.69, 9.17) is 9.72 Å². The summed E-state index contributed by atoms with van der Waals surface area (Å²) in [7, 11) is 2.16. The molecule has 0 amide bonds. The Hall–Kier alpha value is -2.01. The zero-order chi connectivity index (χ0) is 17.6. The molecule has 2 aromatic heterocycles. The predicted molar refractivity (Wildman–Crippen MR) is 98.5 cm³/mol. The second kappa shape index (κ2) is 6.06. The van der Waals surface area contributed by atoms with Crippen LogP contribution >= 0.6 is 0 Å². The number of hydrogen-bond acceptors (Lipinski definition) is 5. The van der Waals surface area contributed by atoms with E-state index in [1.165, 1.54) is 0 Å². The third kappa shape index (κ3) is 2.61. The van der Waals surface area contributed by atoms with Crippen molar-refractivity contribution in [3.63, 3.8) is 0 Å². The van der Waals surface area contributed by atoms with Crippen LogP contribution in [0.1, 0.15) is 32.9 Å². The Balaban J connectivity index is 1.70. The molecule has 1 saturated carbocycles. The van der Waals surface area contributed by atoms with Crippen LogP contribution in [0.5, 0.6) is 0 Å². The van der Waals surface area contributed by atoms with Crippen LogP contribution in [0, 0.1) is 11.3 Å². The molecule has 0 bridgehead atoms.